The Bertz CT molecular complexity index is 1190. The van der Waals surface area contributed by atoms with Gasteiger partial charge in [-0.05, 0) is 43.3 Å². The van der Waals surface area contributed by atoms with Crippen LogP contribution in [0.3, 0.4) is 0 Å². The summed E-state index contributed by atoms with van der Waals surface area (Å²) in [6, 6.07) is 8.34. The number of ether oxygens (including phenoxy) is 1. The number of ketones is 1. The van der Waals surface area contributed by atoms with E-state index in [0.29, 0.717) is 11.3 Å². The Labute approximate surface area is 180 Å². The summed E-state index contributed by atoms with van der Waals surface area (Å²) >= 11 is 0. The van der Waals surface area contributed by atoms with E-state index in [1.54, 1.807) is 0 Å². The van der Waals surface area contributed by atoms with Gasteiger partial charge >= 0.3 is 6.18 Å². The van der Waals surface area contributed by atoms with Crippen molar-refractivity contribution < 1.29 is 49.5 Å². The first-order valence-corrected chi connectivity index (χ1v) is 8.97. The van der Waals surface area contributed by atoms with E-state index in [-0.39, 0.29) is 18.2 Å². The quantitative estimate of drug-likeness (QED) is 0.274. The number of Topliss-reactive ketones (excluding diaryl/α,β-unsaturated/α-hetero) is 1. The van der Waals surface area contributed by atoms with Crippen LogP contribution in [0.1, 0.15) is 39.2 Å². The van der Waals surface area contributed by atoms with Gasteiger partial charge in [0.2, 0.25) is 0 Å². The summed E-state index contributed by atoms with van der Waals surface area (Å²) in [5.74, 6) is -12.0. The van der Waals surface area contributed by atoms with Crippen LogP contribution < -0.4 is 10.1 Å². The monoisotopic (exact) mass is 475 g/mol. The Balaban J connectivity index is 1.74. The van der Waals surface area contributed by atoms with E-state index in [9.17, 15) is 40.3 Å². The summed E-state index contributed by atoms with van der Waals surface area (Å²) in [5, 5.41) is 1.46. The zero-order valence-corrected chi connectivity index (χ0v) is 16.4. The van der Waals surface area contributed by atoms with Crippen LogP contribution in [0.5, 0.6) is 5.75 Å². The molecule has 1 aromatic heterocycles. The molecule has 0 aliphatic rings. The molecular weight excluding hydrogens is 463 g/mol. The lowest BCUT2D eigenvalue weighted by Crippen LogP contribution is -2.20. The summed E-state index contributed by atoms with van der Waals surface area (Å²) < 4.78 is 104. The van der Waals surface area contributed by atoms with E-state index < -0.39 is 52.4 Å². The molecule has 1 amide bonds. The fourth-order valence-corrected chi connectivity index (χ4v) is 2.68. The predicted octanol–water partition coefficient (Wildman–Crippen LogP) is 5.89. The van der Waals surface area contributed by atoms with Crippen LogP contribution in [0, 0.1) is 23.3 Å². The molecule has 0 spiro atoms. The minimum atomic E-state index is -5.71. The lowest BCUT2D eigenvalue weighted by Gasteiger charge is -2.14. The van der Waals surface area contributed by atoms with Crippen molar-refractivity contribution in [2.45, 2.75) is 19.7 Å². The maximum Gasteiger partial charge on any atom is 0.422 e. The summed E-state index contributed by atoms with van der Waals surface area (Å²) in [7, 11) is 0. The average molecular weight is 475 g/mol. The van der Waals surface area contributed by atoms with Gasteiger partial charge in [0.1, 0.15) is 29.4 Å². The van der Waals surface area contributed by atoms with Crippen molar-refractivity contribution in [1.29, 1.82) is 0 Å². The molecule has 2 aromatic carbocycles. The topological polar surface area (TPSA) is 68.5 Å². The number of amides is 1. The van der Waals surface area contributed by atoms with E-state index >= 15 is 0 Å². The second-order valence-electron chi connectivity index (χ2n) is 6.59. The molecule has 5 nitrogen and oxygen atoms in total. The van der Waals surface area contributed by atoms with Crippen LogP contribution in [0.4, 0.5) is 36.4 Å². The Hall–Kier alpha value is -3.83. The molecule has 0 aliphatic carbocycles. The molecule has 0 unspecified atom stereocenters. The molecule has 33 heavy (non-hydrogen) atoms. The van der Waals surface area contributed by atoms with Crippen LogP contribution in [0.15, 0.2) is 40.8 Å². The first-order chi connectivity index (χ1) is 15.4. The summed E-state index contributed by atoms with van der Waals surface area (Å²) in [6.45, 7) is 1.18. The normalized spacial score (nSPS) is 11.4. The molecule has 174 valence electrons. The number of carbonyl (C=O) groups excluding carboxylic acids is 2. The van der Waals surface area contributed by atoms with Gasteiger partial charge in [-0.25, -0.2) is 17.6 Å². The van der Waals surface area contributed by atoms with Crippen molar-refractivity contribution in [1.82, 2.24) is 0 Å². The zero-order valence-electron chi connectivity index (χ0n) is 16.4. The third-order valence-corrected chi connectivity index (χ3v) is 4.31. The first-order valence-electron chi connectivity index (χ1n) is 8.97. The number of furan rings is 1. The summed E-state index contributed by atoms with van der Waals surface area (Å²) in [5.41, 5.74) is -4.05. The van der Waals surface area contributed by atoms with Crippen molar-refractivity contribution in [3.8, 4) is 5.75 Å². The number of nitrogens with one attached hydrogen (secondary N) is 1. The van der Waals surface area contributed by atoms with Crippen LogP contribution in [0.25, 0.3) is 0 Å². The maximum absolute atomic E-state index is 13.9. The number of rotatable bonds is 6. The molecule has 1 N–H and O–H groups in total. The highest BCUT2D eigenvalue weighted by molar-refractivity contribution is 6.02. The van der Waals surface area contributed by atoms with Gasteiger partial charge < -0.3 is 14.5 Å². The van der Waals surface area contributed by atoms with Crippen molar-refractivity contribution in [2.24, 2.45) is 0 Å². The van der Waals surface area contributed by atoms with Crippen LogP contribution in [-0.4, -0.2) is 11.7 Å². The van der Waals surface area contributed by atoms with Crippen LogP contribution in [0.2, 0.25) is 0 Å². The average Bonchev–Trinajstić information content (AvgIpc) is 3.22. The number of hydrogen-bond donors (Lipinski definition) is 1. The van der Waals surface area contributed by atoms with E-state index in [4.69, 9.17) is 9.15 Å². The number of anilines is 1. The van der Waals surface area contributed by atoms with Crippen LogP contribution >= 0.6 is 0 Å². The van der Waals surface area contributed by atoms with Gasteiger partial charge in [-0.3, -0.25) is 9.59 Å². The van der Waals surface area contributed by atoms with Crippen molar-refractivity contribution in [3.63, 3.8) is 0 Å². The van der Waals surface area contributed by atoms with Gasteiger partial charge in [0.15, 0.2) is 34.8 Å². The van der Waals surface area contributed by atoms with Gasteiger partial charge in [0.05, 0.1) is 0 Å². The molecule has 0 atom stereocenters. The second-order valence-corrected chi connectivity index (χ2v) is 6.59. The Morgan fingerprint density at radius 3 is 2.00 bits per heavy atom. The van der Waals surface area contributed by atoms with Crippen molar-refractivity contribution >= 4 is 17.4 Å². The number of halogens is 7. The lowest BCUT2D eigenvalue weighted by molar-refractivity contribution is -0.143. The van der Waals surface area contributed by atoms with Crippen molar-refractivity contribution in [3.05, 3.63) is 82.3 Å². The third-order valence-electron chi connectivity index (χ3n) is 4.31. The summed E-state index contributed by atoms with van der Waals surface area (Å²) in [4.78, 5) is 23.4. The molecule has 0 aliphatic heterocycles. The van der Waals surface area contributed by atoms with Gasteiger partial charge in [0, 0.05) is 5.56 Å². The fraction of sp³-hybridized carbons (Fsp3) is 0.143. The standard InChI is InChI=1S/C21H12F7NO4/c1-9(30)10-2-4-11(5-3-10)32-8-12-6-7-13(33-12)20(31)29-19-17(24)15(22)14(21(26,27)28)16(23)18(19)25/h2-7H,8H2,1H3,(H,29,31). The Morgan fingerprint density at radius 1 is 0.909 bits per heavy atom. The molecular formula is C21H12F7NO4. The highest BCUT2D eigenvalue weighted by atomic mass is 19.4. The lowest BCUT2D eigenvalue weighted by atomic mass is 10.1. The number of carbonyl (C=O) groups is 2. The van der Waals surface area contributed by atoms with Gasteiger partial charge in [-0.15, -0.1) is 0 Å². The largest absolute Gasteiger partial charge is 0.486 e. The van der Waals surface area contributed by atoms with E-state index in [1.165, 1.54) is 42.6 Å². The smallest absolute Gasteiger partial charge is 0.422 e. The SMILES string of the molecule is CC(=O)c1ccc(OCc2ccc(C(=O)Nc3c(F)c(F)c(C(F)(F)F)c(F)c3F)o2)cc1. The minimum absolute atomic E-state index is 0.0570. The fourth-order valence-electron chi connectivity index (χ4n) is 2.68. The molecule has 3 rings (SSSR count). The van der Waals surface area contributed by atoms with E-state index in [0.717, 1.165) is 6.07 Å². The van der Waals surface area contributed by atoms with E-state index in [2.05, 4.69) is 0 Å². The highest BCUT2D eigenvalue weighted by Crippen LogP contribution is 2.38. The van der Waals surface area contributed by atoms with Gasteiger partial charge in [-0.2, -0.15) is 13.2 Å². The molecule has 0 bridgehead atoms. The predicted molar refractivity (Wildman–Crippen MR) is 98.7 cm³/mol. The summed E-state index contributed by atoms with van der Waals surface area (Å²) in [6.07, 6.45) is -5.71. The molecule has 0 saturated carbocycles. The van der Waals surface area contributed by atoms with E-state index in [1.807, 2.05) is 0 Å². The molecule has 0 saturated heterocycles. The molecule has 0 fully saturated rings. The molecule has 12 heteroatoms. The first kappa shape index (κ1) is 23.8. The van der Waals surface area contributed by atoms with Crippen LogP contribution in [-0.2, 0) is 12.8 Å². The molecule has 0 radical (unpaired) electrons. The Kier molecular flexibility index (Phi) is 6.47. The van der Waals surface area contributed by atoms with Gasteiger partial charge in [0.25, 0.3) is 5.91 Å². The minimum Gasteiger partial charge on any atom is -0.486 e. The maximum atomic E-state index is 13.9. The number of alkyl halides is 3. The Morgan fingerprint density at radius 2 is 1.48 bits per heavy atom. The van der Waals surface area contributed by atoms with Gasteiger partial charge in [-0.1, -0.05) is 0 Å². The second kappa shape index (κ2) is 8.96. The number of hydrogen-bond acceptors (Lipinski definition) is 4. The molecule has 3 aromatic rings. The molecule has 1 heterocycles. The number of benzene rings is 2. The third kappa shape index (κ3) is 4.99. The zero-order chi connectivity index (χ0) is 24.5. The highest BCUT2D eigenvalue weighted by Gasteiger charge is 2.42. The van der Waals surface area contributed by atoms with Crippen molar-refractivity contribution in [2.75, 3.05) is 5.32 Å².